The smallest absolute Gasteiger partial charge is 0.307 e. The van der Waals surface area contributed by atoms with Crippen LogP contribution < -0.4 is 0 Å². The van der Waals surface area contributed by atoms with Gasteiger partial charge in [-0.2, -0.15) is 0 Å². The average molecular weight is 336 g/mol. The van der Waals surface area contributed by atoms with E-state index in [0.29, 0.717) is 23.7 Å². The molecular formula is C20H32O4. The molecular weight excluding hydrogens is 304 g/mol. The maximum absolute atomic E-state index is 11.8. The van der Waals surface area contributed by atoms with Gasteiger partial charge in [0, 0.05) is 5.41 Å². The van der Waals surface area contributed by atoms with E-state index in [1.807, 2.05) is 6.92 Å². The highest BCUT2D eigenvalue weighted by Gasteiger charge is 2.64. The lowest BCUT2D eigenvalue weighted by Crippen LogP contribution is -2.59. The second kappa shape index (κ2) is 5.44. The number of carboxylic acids is 1. The zero-order chi connectivity index (χ0) is 17.3. The van der Waals surface area contributed by atoms with Crippen molar-refractivity contribution in [1.29, 1.82) is 0 Å². The summed E-state index contributed by atoms with van der Waals surface area (Å²) in [5.41, 5.74) is -0.240. The third kappa shape index (κ3) is 2.08. The van der Waals surface area contributed by atoms with E-state index < -0.39 is 23.4 Å². The van der Waals surface area contributed by atoms with Crippen LogP contribution in [0.4, 0.5) is 0 Å². The van der Waals surface area contributed by atoms with E-state index >= 15 is 0 Å². The fourth-order valence-electron chi connectivity index (χ4n) is 7.61. The van der Waals surface area contributed by atoms with Crippen LogP contribution in [0.25, 0.3) is 0 Å². The molecule has 0 aromatic carbocycles. The van der Waals surface area contributed by atoms with Crippen molar-refractivity contribution >= 4 is 5.97 Å². The number of fused-ring (bicyclic) bond motifs is 5. The van der Waals surface area contributed by atoms with Crippen LogP contribution in [-0.2, 0) is 4.79 Å². The zero-order valence-electron chi connectivity index (χ0n) is 14.9. The Kier molecular flexibility index (Phi) is 3.82. The third-order valence-corrected chi connectivity index (χ3v) is 9.04. The molecule has 4 aliphatic carbocycles. The van der Waals surface area contributed by atoms with Crippen molar-refractivity contribution in [2.45, 2.75) is 77.4 Å². The first-order valence-corrected chi connectivity index (χ1v) is 9.87. The second-order valence-electron chi connectivity index (χ2n) is 9.67. The van der Waals surface area contributed by atoms with E-state index in [1.165, 1.54) is 0 Å². The molecule has 0 radical (unpaired) electrons. The van der Waals surface area contributed by atoms with Crippen molar-refractivity contribution < 1.29 is 20.1 Å². The molecule has 0 unspecified atom stereocenters. The number of rotatable bonds is 1. The molecule has 9 atom stereocenters. The molecule has 4 aliphatic rings. The monoisotopic (exact) mass is 336 g/mol. The Hall–Kier alpha value is -0.610. The number of hydrogen-bond acceptors (Lipinski definition) is 3. The van der Waals surface area contributed by atoms with Gasteiger partial charge in [0.05, 0.1) is 18.1 Å². The molecule has 24 heavy (non-hydrogen) atoms. The van der Waals surface area contributed by atoms with Gasteiger partial charge in [0.15, 0.2) is 0 Å². The topological polar surface area (TPSA) is 77.8 Å². The molecule has 0 bridgehead atoms. The lowest BCUT2D eigenvalue weighted by Gasteiger charge is -2.61. The first kappa shape index (κ1) is 16.8. The molecule has 0 aliphatic heterocycles. The van der Waals surface area contributed by atoms with Gasteiger partial charge in [-0.3, -0.25) is 4.79 Å². The molecule has 4 fully saturated rings. The molecule has 4 rings (SSSR count). The van der Waals surface area contributed by atoms with E-state index in [9.17, 15) is 20.1 Å². The number of aliphatic hydroxyl groups is 2. The van der Waals surface area contributed by atoms with Gasteiger partial charge in [-0.1, -0.05) is 13.8 Å². The number of carboxylic acid groups (broad SMARTS) is 1. The second-order valence-corrected chi connectivity index (χ2v) is 9.67. The third-order valence-electron chi connectivity index (χ3n) is 9.04. The lowest BCUT2D eigenvalue weighted by molar-refractivity contribution is -0.180. The largest absolute Gasteiger partial charge is 0.481 e. The van der Waals surface area contributed by atoms with E-state index in [4.69, 9.17) is 0 Å². The van der Waals surface area contributed by atoms with Gasteiger partial charge in [0.2, 0.25) is 0 Å². The highest BCUT2D eigenvalue weighted by molar-refractivity contribution is 5.71. The summed E-state index contributed by atoms with van der Waals surface area (Å²) in [6, 6.07) is 0. The van der Waals surface area contributed by atoms with Crippen LogP contribution in [0, 0.1) is 40.4 Å². The minimum absolute atomic E-state index is 0.152. The van der Waals surface area contributed by atoms with Crippen LogP contribution in [-0.4, -0.2) is 33.5 Å². The molecule has 0 aromatic heterocycles. The number of carbonyl (C=O) groups is 1. The summed E-state index contributed by atoms with van der Waals surface area (Å²) >= 11 is 0. The van der Waals surface area contributed by atoms with Gasteiger partial charge in [0.25, 0.3) is 0 Å². The summed E-state index contributed by atoms with van der Waals surface area (Å²) in [6.07, 6.45) is 6.93. The summed E-state index contributed by atoms with van der Waals surface area (Å²) in [4.78, 5) is 11.8. The summed E-state index contributed by atoms with van der Waals surface area (Å²) in [5, 5.41) is 30.8. The maximum atomic E-state index is 11.8. The number of hydrogen-bond donors (Lipinski definition) is 3. The van der Waals surface area contributed by atoms with Crippen LogP contribution in [0.3, 0.4) is 0 Å². The Morgan fingerprint density at radius 3 is 2.42 bits per heavy atom. The Bertz CT molecular complexity index is 534. The number of aliphatic carboxylic acids is 1. The first-order valence-electron chi connectivity index (χ1n) is 9.87. The number of aliphatic hydroxyl groups excluding tert-OH is 2. The molecule has 4 saturated carbocycles. The fourth-order valence-corrected chi connectivity index (χ4v) is 7.61. The molecule has 136 valence electrons. The first-order chi connectivity index (χ1) is 11.3. The van der Waals surface area contributed by atoms with Crippen LogP contribution in [0.15, 0.2) is 0 Å². The van der Waals surface area contributed by atoms with E-state index in [1.54, 1.807) is 0 Å². The molecule has 0 amide bonds. The molecule has 4 heteroatoms. The van der Waals surface area contributed by atoms with Gasteiger partial charge < -0.3 is 15.3 Å². The van der Waals surface area contributed by atoms with Gasteiger partial charge >= 0.3 is 5.97 Å². The highest BCUT2D eigenvalue weighted by atomic mass is 16.4. The Balaban J connectivity index is 1.66. The Morgan fingerprint density at radius 2 is 1.71 bits per heavy atom. The Morgan fingerprint density at radius 1 is 0.958 bits per heavy atom. The lowest BCUT2D eigenvalue weighted by atomic mass is 9.44. The van der Waals surface area contributed by atoms with Crippen molar-refractivity contribution in [3.63, 3.8) is 0 Å². The Labute approximate surface area is 144 Å². The summed E-state index contributed by atoms with van der Waals surface area (Å²) in [6.45, 7) is 4.43. The van der Waals surface area contributed by atoms with Crippen LogP contribution in [0.5, 0.6) is 0 Å². The predicted octanol–water partition coefficient (Wildman–Crippen LogP) is 3.06. The maximum Gasteiger partial charge on any atom is 0.307 e. The normalized spacial score (nSPS) is 56.9. The highest BCUT2D eigenvalue weighted by Crippen LogP contribution is 2.67. The van der Waals surface area contributed by atoms with Gasteiger partial charge in [-0.05, 0) is 80.5 Å². The standard InChI is InChI=1S/C20H32O4/c1-19-8-7-12(21)9-11(19)3-4-13-14-5-6-15(18(23)24)20(14,2)17(22)10-16(13)19/h11-17,21-22H,3-10H2,1-2H3,(H,23,24)/t11-,12+,13-,14+,15-,16-,17-,19-,20-/m0/s1. The molecule has 0 saturated heterocycles. The summed E-state index contributed by atoms with van der Waals surface area (Å²) in [7, 11) is 0. The summed E-state index contributed by atoms with van der Waals surface area (Å²) < 4.78 is 0. The van der Waals surface area contributed by atoms with E-state index in [0.717, 1.165) is 51.4 Å². The van der Waals surface area contributed by atoms with Crippen molar-refractivity contribution in [2.24, 2.45) is 40.4 Å². The van der Waals surface area contributed by atoms with Crippen molar-refractivity contribution in [3.05, 3.63) is 0 Å². The molecule has 4 nitrogen and oxygen atoms in total. The van der Waals surface area contributed by atoms with Crippen molar-refractivity contribution in [1.82, 2.24) is 0 Å². The van der Waals surface area contributed by atoms with Gasteiger partial charge in [-0.15, -0.1) is 0 Å². The zero-order valence-corrected chi connectivity index (χ0v) is 14.9. The van der Waals surface area contributed by atoms with Crippen LogP contribution in [0.2, 0.25) is 0 Å². The minimum Gasteiger partial charge on any atom is -0.481 e. The SMILES string of the molecule is C[C@]12CC[C@@H](O)C[C@@H]1CC[C@H]1[C@H]3CC[C@@H](C(=O)O)[C@@]3(C)[C@@H](O)C[C@@H]12. The molecule has 3 N–H and O–H groups in total. The molecule has 0 spiro atoms. The van der Waals surface area contributed by atoms with Gasteiger partial charge in [-0.25, -0.2) is 0 Å². The van der Waals surface area contributed by atoms with E-state index in [2.05, 4.69) is 6.92 Å². The summed E-state index contributed by atoms with van der Waals surface area (Å²) in [5.74, 6) is 0.840. The van der Waals surface area contributed by atoms with Crippen molar-refractivity contribution in [2.75, 3.05) is 0 Å². The van der Waals surface area contributed by atoms with Gasteiger partial charge in [0.1, 0.15) is 0 Å². The predicted molar refractivity (Wildman–Crippen MR) is 90.2 cm³/mol. The molecule has 0 heterocycles. The average Bonchev–Trinajstić information content (AvgIpc) is 2.88. The van der Waals surface area contributed by atoms with Crippen LogP contribution >= 0.6 is 0 Å². The fraction of sp³-hybridized carbons (Fsp3) is 0.950. The van der Waals surface area contributed by atoms with Crippen LogP contribution in [0.1, 0.15) is 65.2 Å². The minimum atomic E-state index is -0.724. The molecule has 0 aromatic rings. The van der Waals surface area contributed by atoms with E-state index in [-0.39, 0.29) is 11.5 Å². The van der Waals surface area contributed by atoms with Crippen molar-refractivity contribution in [3.8, 4) is 0 Å². The quantitative estimate of drug-likeness (QED) is 0.688.